The zero-order chi connectivity index (χ0) is 7.11. The molecule has 0 aromatic carbocycles. The molecule has 0 rings (SSSR count). The third-order valence-corrected chi connectivity index (χ3v) is 0.847. The molecular formula is C6H11BO2. The fourth-order valence-electron chi connectivity index (χ4n) is 0.466. The van der Waals surface area contributed by atoms with Crippen LogP contribution in [0.2, 0.25) is 0 Å². The molecule has 50 valence electrons. The number of allylic oxidation sites excluding steroid dienone is 3. The average Bonchev–Trinajstić information content (AvgIpc) is 1.88. The molecule has 0 aromatic heterocycles. The van der Waals surface area contributed by atoms with Crippen molar-refractivity contribution in [2.45, 2.75) is 13.8 Å². The van der Waals surface area contributed by atoms with E-state index in [1.807, 2.05) is 19.9 Å². The van der Waals surface area contributed by atoms with Crippen LogP contribution in [-0.4, -0.2) is 12.7 Å². The van der Waals surface area contributed by atoms with Gasteiger partial charge >= 0.3 is 7.69 Å². The molecule has 0 aliphatic carbocycles. The summed E-state index contributed by atoms with van der Waals surface area (Å²) in [5.74, 6) is 0.694. The maximum atomic E-state index is 8.30. The molecule has 1 N–H and O–H groups in total. The highest BCUT2D eigenvalue weighted by atomic mass is 16.5. The molecule has 0 saturated heterocycles. The summed E-state index contributed by atoms with van der Waals surface area (Å²) in [5, 5.41) is 8.30. The second kappa shape index (κ2) is 5.44. The quantitative estimate of drug-likeness (QED) is 0.343. The molecule has 0 unspecified atom stereocenters. The van der Waals surface area contributed by atoms with E-state index in [0.717, 1.165) is 0 Å². The van der Waals surface area contributed by atoms with Crippen molar-refractivity contribution in [1.82, 2.24) is 0 Å². The minimum atomic E-state index is -0.260. The normalized spacial score (nSPS) is 12.1. The second-order valence-electron chi connectivity index (χ2n) is 1.46. The Hall–Kier alpha value is -0.695. The van der Waals surface area contributed by atoms with E-state index in [4.69, 9.17) is 9.68 Å². The van der Waals surface area contributed by atoms with E-state index >= 15 is 0 Å². The van der Waals surface area contributed by atoms with Crippen molar-refractivity contribution in [3.63, 3.8) is 0 Å². The van der Waals surface area contributed by atoms with Crippen molar-refractivity contribution >= 4 is 7.69 Å². The molecule has 0 radical (unpaired) electrons. The summed E-state index contributed by atoms with van der Waals surface area (Å²) < 4.78 is 4.76. The van der Waals surface area contributed by atoms with Crippen molar-refractivity contribution in [3.8, 4) is 0 Å². The van der Waals surface area contributed by atoms with E-state index in [0.29, 0.717) is 5.76 Å². The standard InChI is InChI=1S/C6H11BO2/c1-3-5-6(4-2)9-7-8/h3-5,7-8H,1-2H3/b5-3-,6-4+. The van der Waals surface area contributed by atoms with Gasteiger partial charge in [0.15, 0.2) is 0 Å². The first-order chi connectivity index (χ1) is 4.35. The van der Waals surface area contributed by atoms with Gasteiger partial charge in [-0.15, -0.1) is 0 Å². The molecule has 3 heteroatoms. The molecule has 0 saturated carbocycles. The lowest BCUT2D eigenvalue weighted by Gasteiger charge is -1.98. The van der Waals surface area contributed by atoms with Crippen LogP contribution >= 0.6 is 0 Å². The van der Waals surface area contributed by atoms with Crippen LogP contribution in [0.5, 0.6) is 0 Å². The van der Waals surface area contributed by atoms with Crippen LogP contribution in [0.15, 0.2) is 24.0 Å². The number of rotatable bonds is 3. The van der Waals surface area contributed by atoms with Gasteiger partial charge in [-0.1, -0.05) is 6.08 Å². The SMILES string of the molecule is C/C=C\C(=C/C)OBO. The number of hydrogen-bond acceptors (Lipinski definition) is 2. The van der Waals surface area contributed by atoms with Crippen LogP contribution < -0.4 is 0 Å². The maximum absolute atomic E-state index is 8.30. The zero-order valence-corrected chi connectivity index (χ0v) is 5.79. The molecule has 0 aliphatic heterocycles. The van der Waals surface area contributed by atoms with Gasteiger partial charge < -0.3 is 9.68 Å². The molecule has 0 atom stereocenters. The van der Waals surface area contributed by atoms with Crippen LogP contribution in [0.3, 0.4) is 0 Å². The summed E-state index contributed by atoms with van der Waals surface area (Å²) in [7, 11) is -0.260. The summed E-state index contributed by atoms with van der Waals surface area (Å²) >= 11 is 0. The highest BCUT2D eigenvalue weighted by Crippen LogP contribution is 1.95. The lowest BCUT2D eigenvalue weighted by Crippen LogP contribution is -1.94. The summed E-state index contributed by atoms with van der Waals surface area (Å²) in [6.45, 7) is 3.75. The molecule has 2 nitrogen and oxygen atoms in total. The summed E-state index contributed by atoms with van der Waals surface area (Å²) in [4.78, 5) is 0. The smallest absolute Gasteiger partial charge is 0.504 e. The fourth-order valence-corrected chi connectivity index (χ4v) is 0.466. The van der Waals surface area contributed by atoms with Crippen molar-refractivity contribution in [2.75, 3.05) is 0 Å². The maximum Gasteiger partial charge on any atom is 0.504 e. The topological polar surface area (TPSA) is 29.5 Å². The lowest BCUT2D eigenvalue weighted by molar-refractivity contribution is 0.381. The Morgan fingerprint density at radius 3 is 2.56 bits per heavy atom. The molecular weight excluding hydrogens is 115 g/mol. The monoisotopic (exact) mass is 126 g/mol. The molecule has 0 bridgehead atoms. The van der Waals surface area contributed by atoms with E-state index in [9.17, 15) is 0 Å². The third-order valence-electron chi connectivity index (χ3n) is 0.847. The van der Waals surface area contributed by atoms with Crippen molar-refractivity contribution < 1.29 is 9.68 Å². The number of hydrogen-bond donors (Lipinski definition) is 1. The summed E-state index contributed by atoms with van der Waals surface area (Å²) in [5.41, 5.74) is 0. The molecule has 0 spiro atoms. The molecule has 0 fully saturated rings. The van der Waals surface area contributed by atoms with Gasteiger partial charge in [-0.25, -0.2) is 0 Å². The van der Waals surface area contributed by atoms with Gasteiger partial charge in [0.2, 0.25) is 0 Å². The van der Waals surface area contributed by atoms with Crippen LogP contribution in [-0.2, 0) is 4.65 Å². The van der Waals surface area contributed by atoms with Crippen molar-refractivity contribution in [1.29, 1.82) is 0 Å². The Morgan fingerprint density at radius 2 is 2.22 bits per heavy atom. The predicted molar refractivity (Wildman–Crippen MR) is 39.0 cm³/mol. The van der Waals surface area contributed by atoms with Gasteiger partial charge in [-0.2, -0.15) is 0 Å². The molecule has 0 aliphatic rings. The first kappa shape index (κ1) is 8.30. The largest absolute Gasteiger partial charge is 0.539 e. The predicted octanol–water partition coefficient (Wildman–Crippen LogP) is 0.742. The van der Waals surface area contributed by atoms with Crippen LogP contribution in [0.25, 0.3) is 0 Å². The Morgan fingerprint density at radius 1 is 1.56 bits per heavy atom. The van der Waals surface area contributed by atoms with E-state index in [2.05, 4.69) is 0 Å². The first-order valence-electron chi connectivity index (χ1n) is 2.87. The van der Waals surface area contributed by atoms with E-state index in [-0.39, 0.29) is 7.69 Å². The second-order valence-corrected chi connectivity index (χ2v) is 1.46. The van der Waals surface area contributed by atoms with Crippen LogP contribution in [0, 0.1) is 0 Å². The Bertz CT molecular complexity index is 118. The Kier molecular flexibility index (Phi) is 5.02. The third kappa shape index (κ3) is 3.85. The molecule has 0 aromatic rings. The van der Waals surface area contributed by atoms with Gasteiger partial charge in [0.1, 0.15) is 0 Å². The van der Waals surface area contributed by atoms with Gasteiger partial charge in [-0.05, 0) is 26.0 Å². The van der Waals surface area contributed by atoms with Crippen LogP contribution in [0.1, 0.15) is 13.8 Å². The average molecular weight is 126 g/mol. The van der Waals surface area contributed by atoms with Gasteiger partial charge in [0.25, 0.3) is 0 Å². The molecule has 0 heterocycles. The van der Waals surface area contributed by atoms with Crippen LogP contribution in [0.4, 0.5) is 0 Å². The van der Waals surface area contributed by atoms with E-state index in [1.165, 1.54) is 0 Å². The fraction of sp³-hybridized carbons (Fsp3) is 0.333. The molecule has 9 heavy (non-hydrogen) atoms. The molecule has 0 amide bonds. The van der Waals surface area contributed by atoms with E-state index in [1.54, 1.807) is 12.2 Å². The highest BCUT2D eigenvalue weighted by molar-refractivity contribution is 6.16. The minimum Gasteiger partial charge on any atom is -0.539 e. The first-order valence-corrected chi connectivity index (χ1v) is 2.87. The summed E-state index contributed by atoms with van der Waals surface area (Å²) in [6, 6.07) is 0. The zero-order valence-electron chi connectivity index (χ0n) is 5.79. The minimum absolute atomic E-state index is 0.260. The van der Waals surface area contributed by atoms with E-state index < -0.39 is 0 Å². The van der Waals surface area contributed by atoms with Crippen molar-refractivity contribution in [3.05, 3.63) is 24.0 Å². The Labute approximate surface area is 56.1 Å². The van der Waals surface area contributed by atoms with Gasteiger partial charge in [0.05, 0.1) is 5.76 Å². The van der Waals surface area contributed by atoms with Crippen molar-refractivity contribution in [2.24, 2.45) is 0 Å². The lowest BCUT2D eigenvalue weighted by atomic mass is 10.3. The summed E-state index contributed by atoms with van der Waals surface area (Å²) in [6.07, 6.45) is 5.43. The van der Waals surface area contributed by atoms with Gasteiger partial charge in [-0.3, -0.25) is 0 Å². The Balaban J connectivity index is 3.70. The highest BCUT2D eigenvalue weighted by Gasteiger charge is 1.87. The van der Waals surface area contributed by atoms with Gasteiger partial charge in [0, 0.05) is 0 Å².